The molecule has 0 aliphatic heterocycles. The molecule has 0 aliphatic carbocycles. The van der Waals surface area contributed by atoms with E-state index in [-0.39, 0.29) is 22.7 Å². The molecule has 0 aliphatic rings. The van der Waals surface area contributed by atoms with Crippen LogP contribution in [-0.4, -0.2) is 25.0 Å². The summed E-state index contributed by atoms with van der Waals surface area (Å²) in [5.41, 5.74) is 0.908. The number of nitro groups is 1. The van der Waals surface area contributed by atoms with Gasteiger partial charge in [0.05, 0.1) is 21.9 Å². The molecule has 1 N–H and O–H groups in total. The third kappa shape index (κ3) is 5.36. The van der Waals surface area contributed by atoms with Crippen molar-refractivity contribution in [3.8, 4) is 0 Å². The molecule has 0 radical (unpaired) electrons. The Morgan fingerprint density at radius 3 is 2.56 bits per heavy atom. The Balaban J connectivity index is 2.09. The van der Waals surface area contributed by atoms with Crippen LogP contribution >= 0.6 is 15.9 Å². The zero-order chi connectivity index (χ0) is 18.6. The van der Waals surface area contributed by atoms with Crippen LogP contribution in [0.5, 0.6) is 0 Å². The summed E-state index contributed by atoms with van der Waals surface area (Å²) in [6.07, 6.45) is 0. The van der Waals surface area contributed by atoms with Gasteiger partial charge in [-0.15, -0.1) is 0 Å². The molecule has 0 saturated carbocycles. The normalized spacial score (nSPS) is 11.1. The van der Waals surface area contributed by atoms with E-state index in [1.54, 1.807) is 24.3 Å². The summed E-state index contributed by atoms with van der Waals surface area (Å²) in [4.78, 5) is 22.4. The van der Waals surface area contributed by atoms with E-state index >= 15 is 0 Å². The van der Waals surface area contributed by atoms with Gasteiger partial charge in [0, 0.05) is 10.5 Å². The summed E-state index contributed by atoms with van der Waals surface area (Å²) in [6.45, 7) is 1.49. The predicted molar refractivity (Wildman–Crippen MR) is 98.1 cm³/mol. The van der Waals surface area contributed by atoms with Crippen LogP contribution in [-0.2, 0) is 20.4 Å². The number of carbonyl (C=O) groups excluding carboxylic acids is 1. The molecule has 0 fully saturated rings. The van der Waals surface area contributed by atoms with Crippen molar-refractivity contribution in [2.45, 2.75) is 12.7 Å². The number of nitro benzene ring substituents is 1. The largest absolute Gasteiger partial charge is 0.325 e. The van der Waals surface area contributed by atoms with E-state index in [0.29, 0.717) is 5.56 Å². The molecule has 0 unspecified atom stereocenters. The molecule has 2 rings (SSSR count). The van der Waals surface area contributed by atoms with Crippen LogP contribution in [0.3, 0.4) is 0 Å². The van der Waals surface area contributed by atoms with Crippen LogP contribution in [0, 0.1) is 17.0 Å². The van der Waals surface area contributed by atoms with Gasteiger partial charge in [-0.1, -0.05) is 34.1 Å². The molecule has 0 atom stereocenters. The van der Waals surface area contributed by atoms with Gasteiger partial charge in [0.2, 0.25) is 5.91 Å². The number of hydrogen-bond donors (Lipinski definition) is 1. The molecule has 25 heavy (non-hydrogen) atoms. The lowest BCUT2D eigenvalue weighted by Gasteiger charge is -2.09. The lowest BCUT2D eigenvalue weighted by atomic mass is 10.1. The standard InChI is InChI=1S/C16H15BrN2O5S/c1-11-14(6-3-7-15(11)19(21)22)18-16(20)10-25(23,24)9-12-4-2-5-13(17)8-12/h2-8H,9-10H2,1H3,(H,18,20). The number of amides is 1. The van der Waals surface area contributed by atoms with Crippen molar-refractivity contribution in [1.82, 2.24) is 0 Å². The Morgan fingerprint density at radius 1 is 1.24 bits per heavy atom. The predicted octanol–water partition coefficient (Wildman–Crippen LogP) is 3.22. The molecule has 0 heterocycles. The van der Waals surface area contributed by atoms with Crippen molar-refractivity contribution in [2.24, 2.45) is 0 Å². The van der Waals surface area contributed by atoms with E-state index in [2.05, 4.69) is 21.2 Å². The number of anilines is 1. The second kappa shape index (κ2) is 7.75. The van der Waals surface area contributed by atoms with E-state index in [1.165, 1.54) is 25.1 Å². The Labute approximate surface area is 153 Å². The third-order valence-electron chi connectivity index (χ3n) is 3.40. The van der Waals surface area contributed by atoms with Crippen molar-refractivity contribution in [1.29, 1.82) is 0 Å². The minimum absolute atomic E-state index is 0.144. The summed E-state index contributed by atoms with van der Waals surface area (Å²) >= 11 is 3.26. The zero-order valence-electron chi connectivity index (χ0n) is 13.2. The number of carbonyl (C=O) groups is 1. The number of benzene rings is 2. The van der Waals surface area contributed by atoms with Crippen LogP contribution in [0.25, 0.3) is 0 Å². The van der Waals surface area contributed by atoms with Gasteiger partial charge in [-0.3, -0.25) is 14.9 Å². The highest BCUT2D eigenvalue weighted by Gasteiger charge is 2.20. The van der Waals surface area contributed by atoms with E-state index in [9.17, 15) is 23.3 Å². The molecule has 0 saturated heterocycles. The Bertz CT molecular complexity index is 928. The molecule has 1 amide bonds. The van der Waals surface area contributed by atoms with Gasteiger partial charge in [0.1, 0.15) is 5.75 Å². The fourth-order valence-corrected chi connectivity index (χ4v) is 3.98. The first-order chi connectivity index (χ1) is 11.7. The molecule has 0 bridgehead atoms. The summed E-state index contributed by atoms with van der Waals surface area (Å²) in [7, 11) is -3.68. The van der Waals surface area contributed by atoms with Gasteiger partial charge in [0.15, 0.2) is 9.84 Å². The van der Waals surface area contributed by atoms with Gasteiger partial charge in [-0.2, -0.15) is 0 Å². The highest BCUT2D eigenvalue weighted by atomic mass is 79.9. The van der Waals surface area contributed by atoms with Crippen LogP contribution in [0.1, 0.15) is 11.1 Å². The highest BCUT2D eigenvalue weighted by molar-refractivity contribution is 9.10. The number of rotatable bonds is 6. The topological polar surface area (TPSA) is 106 Å². The third-order valence-corrected chi connectivity index (χ3v) is 5.37. The van der Waals surface area contributed by atoms with Gasteiger partial charge in [-0.05, 0) is 30.7 Å². The van der Waals surface area contributed by atoms with Crippen LogP contribution in [0.4, 0.5) is 11.4 Å². The molecule has 2 aromatic rings. The quantitative estimate of drug-likeness (QED) is 0.563. The monoisotopic (exact) mass is 426 g/mol. The lowest BCUT2D eigenvalue weighted by molar-refractivity contribution is -0.385. The van der Waals surface area contributed by atoms with Crippen molar-refractivity contribution >= 4 is 43.0 Å². The van der Waals surface area contributed by atoms with E-state index in [0.717, 1.165) is 4.47 Å². The van der Waals surface area contributed by atoms with E-state index in [4.69, 9.17) is 0 Å². The Kier molecular flexibility index (Phi) is 5.91. The molecule has 9 heteroatoms. The summed E-state index contributed by atoms with van der Waals surface area (Å²) < 4.78 is 25.1. The van der Waals surface area contributed by atoms with Gasteiger partial charge in [0.25, 0.3) is 5.69 Å². The van der Waals surface area contributed by atoms with Crippen LogP contribution < -0.4 is 5.32 Å². The fraction of sp³-hybridized carbons (Fsp3) is 0.188. The van der Waals surface area contributed by atoms with E-state index in [1.807, 2.05) is 0 Å². The highest BCUT2D eigenvalue weighted by Crippen LogP contribution is 2.25. The van der Waals surface area contributed by atoms with Crippen molar-refractivity contribution < 1.29 is 18.1 Å². The van der Waals surface area contributed by atoms with Crippen molar-refractivity contribution in [3.63, 3.8) is 0 Å². The minimum atomic E-state index is -3.68. The number of nitrogens with one attached hydrogen (secondary N) is 1. The number of halogens is 1. The molecule has 132 valence electrons. The Hall–Kier alpha value is -2.26. The van der Waals surface area contributed by atoms with Crippen molar-refractivity contribution in [3.05, 3.63) is 68.2 Å². The second-order valence-corrected chi connectivity index (χ2v) is 8.40. The van der Waals surface area contributed by atoms with Gasteiger partial charge >= 0.3 is 0 Å². The average Bonchev–Trinajstić information content (AvgIpc) is 2.47. The number of hydrogen-bond acceptors (Lipinski definition) is 5. The average molecular weight is 427 g/mol. The lowest BCUT2D eigenvalue weighted by Crippen LogP contribution is -2.24. The van der Waals surface area contributed by atoms with Gasteiger partial charge < -0.3 is 5.32 Å². The molecule has 0 aromatic heterocycles. The Morgan fingerprint density at radius 2 is 1.92 bits per heavy atom. The first-order valence-electron chi connectivity index (χ1n) is 7.17. The first-order valence-corrected chi connectivity index (χ1v) is 9.78. The fourth-order valence-electron chi connectivity index (χ4n) is 2.27. The molecule has 2 aromatic carbocycles. The summed E-state index contributed by atoms with van der Waals surface area (Å²) in [6, 6.07) is 11.0. The first kappa shape index (κ1) is 19.1. The number of sulfone groups is 1. The summed E-state index contributed by atoms with van der Waals surface area (Å²) in [5, 5.41) is 13.3. The summed E-state index contributed by atoms with van der Waals surface area (Å²) in [5.74, 6) is -1.71. The molecule has 0 spiro atoms. The second-order valence-electron chi connectivity index (χ2n) is 5.42. The van der Waals surface area contributed by atoms with Crippen molar-refractivity contribution in [2.75, 3.05) is 11.1 Å². The van der Waals surface area contributed by atoms with E-state index < -0.39 is 26.4 Å². The van der Waals surface area contributed by atoms with Crippen LogP contribution in [0.2, 0.25) is 0 Å². The van der Waals surface area contributed by atoms with Crippen LogP contribution in [0.15, 0.2) is 46.9 Å². The SMILES string of the molecule is Cc1c(NC(=O)CS(=O)(=O)Cc2cccc(Br)c2)cccc1[N+](=O)[O-]. The zero-order valence-corrected chi connectivity index (χ0v) is 15.6. The van der Waals surface area contributed by atoms with Gasteiger partial charge in [-0.25, -0.2) is 8.42 Å². The maximum Gasteiger partial charge on any atom is 0.274 e. The smallest absolute Gasteiger partial charge is 0.274 e. The molecule has 7 nitrogen and oxygen atoms in total. The molecular formula is C16H15BrN2O5S. The maximum atomic E-state index is 12.2. The minimum Gasteiger partial charge on any atom is -0.325 e. The maximum absolute atomic E-state index is 12.2. The molecular weight excluding hydrogens is 412 g/mol. The number of nitrogens with zero attached hydrogens (tertiary/aromatic N) is 1.